The molecule has 1 saturated heterocycles. The van der Waals surface area contributed by atoms with Crippen LogP contribution in [0.4, 0.5) is 0 Å². The summed E-state index contributed by atoms with van der Waals surface area (Å²) in [6.45, 7) is 5.89. The van der Waals surface area contributed by atoms with Crippen LogP contribution in [0.2, 0.25) is 0 Å². The third-order valence-electron chi connectivity index (χ3n) is 2.78. The van der Waals surface area contributed by atoms with Crippen molar-refractivity contribution in [3.05, 3.63) is 0 Å². The van der Waals surface area contributed by atoms with E-state index in [4.69, 9.17) is 5.73 Å². The van der Waals surface area contributed by atoms with E-state index in [0.29, 0.717) is 13.0 Å². The minimum atomic E-state index is 0.155. The van der Waals surface area contributed by atoms with Crippen molar-refractivity contribution in [2.24, 2.45) is 5.73 Å². The number of rotatable bonds is 6. The molecule has 1 rings (SSSR count). The standard InChI is InChI=1S/C11H23N3O/c1-10(12)4-6-13-11(15)5-9-14-7-2-3-8-14/h10H,2-9,12H2,1H3,(H,13,15). The molecule has 1 aliphatic rings. The van der Waals surface area contributed by atoms with Gasteiger partial charge in [-0.3, -0.25) is 4.79 Å². The van der Waals surface area contributed by atoms with Gasteiger partial charge in [-0.1, -0.05) is 0 Å². The van der Waals surface area contributed by atoms with Crippen molar-refractivity contribution in [3.63, 3.8) is 0 Å². The molecule has 88 valence electrons. The fourth-order valence-corrected chi connectivity index (χ4v) is 1.79. The smallest absolute Gasteiger partial charge is 0.221 e. The summed E-state index contributed by atoms with van der Waals surface area (Å²) in [5.74, 6) is 0.155. The maximum atomic E-state index is 11.4. The number of carbonyl (C=O) groups is 1. The predicted molar refractivity (Wildman–Crippen MR) is 61.6 cm³/mol. The van der Waals surface area contributed by atoms with Gasteiger partial charge < -0.3 is 16.0 Å². The number of hydrogen-bond donors (Lipinski definition) is 2. The second kappa shape index (κ2) is 6.80. The van der Waals surface area contributed by atoms with E-state index < -0.39 is 0 Å². The fourth-order valence-electron chi connectivity index (χ4n) is 1.79. The van der Waals surface area contributed by atoms with Crippen LogP contribution in [0.25, 0.3) is 0 Å². The predicted octanol–water partition coefficient (Wildman–Crippen LogP) is 0.326. The summed E-state index contributed by atoms with van der Waals surface area (Å²) in [5, 5.41) is 2.89. The molecule has 0 saturated carbocycles. The van der Waals surface area contributed by atoms with Gasteiger partial charge in [-0.25, -0.2) is 0 Å². The number of nitrogens with two attached hydrogens (primary N) is 1. The highest BCUT2D eigenvalue weighted by molar-refractivity contribution is 5.76. The van der Waals surface area contributed by atoms with E-state index in [1.54, 1.807) is 0 Å². The zero-order valence-electron chi connectivity index (χ0n) is 9.67. The van der Waals surface area contributed by atoms with Crippen LogP contribution >= 0.6 is 0 Å². The molecule has 15 heavy (non-hydrogen) atoms. The van der Waals surface area contributed by atoms with Crippen LogP contribution < -0.4 is 11.1 Å². The Bertz CT molecular complexity index is 188. The first-order chi connectivity index (χ1) is 7.18. The van der Waals surface area contributed by atoms with Crippen molar-refractivity contribution in [2.45, 2.75) is 38.6 Å². The Kier molecular flexibility index (Phi) is 5.65. The Labute approximate surface area is 92.2 Å². The minimum Gasteiger partial charge on any atom is -0.356 e. The lowest BCUT2D eigenvalue weighted by atomic mass is 10.2. The molecule has 3 N–H and O–H groups in total. The van der Waals surface area contributed by atoms with Gasteiger partial charge in [-0.05, 0) is 39.3 Å². The van der Waals surface area contributed by atoms with Gasteiger partial charge in [-0.15, -0.1) is 0 Å². The van der Waals surface area contributed by atoms with Crippen molar-refractivity contribution in [1.82, 2.24) is 10.2 Å². The number of nitrogens with zero attached hydrogens (tertiary/aromatic N) is 1. The van der Waals surface area contributed by atoms with Crippen molar-refractivity contribution >= 4 is 5.91 Å². The lowest BCUT2D eigenvalue weighted by Crippen LogP contribution is -2.32. The number of carbonyl (C=O) groups excluding carboxylic acids is 1. The molecule has 0 spiro atoms. The van der Waals surface area contributed by atoms with Gasteiger partial charge in [0.2, 0.25) is 5.91 Å². The zero-order chi connectivity index (χ0) is 11.1. The van der Waals surface area contributed by atoms with Gasteiger partial charge >= 0.3 is 0 Å². The maximum absolute atomic E-state index is 11.4. The van der Waals surface area contributed by atoms with E-state index in [0.717, 1.165) is 26.1 Å². The molecule has 1 aliphatic heterocycles. The molecule has 0 radical (unpaired) electrons. The van der Waals surface area contributed by atoms with Gasteiger partial charge in [0, 0.05) is 25.6 Å². The van der Waals surface area contributed by atoms with Crippen molar-refractivity contribution < 1.29 is 4.79 Å². The minimum absolute atomic E-state index is 0.155. The van der Waals surface area contributed by atoms with Crippen LogP contribution in [0.3, 0.4) is 0 Å². The Hall–Kier alpha value is -0.610. The number of hydrogen-bond acceptors (Lipinski definition) is 3. The second-order valence-electron chi connectivity index (χ2n) is 4.41. The van der Waals surface area contributed by atoms with Gasteiger partial charge in [-0.2, -0.15) is 0 Å². The van der Waals surface area contributed by atoms with Gasteiger partial charge in [0.25, 0.3) is 0 Å². The summed E-state index contributed by atoms with van der Waals surface area (Å²) in [6, 6.07) is 0.170. The van der Waals surface area contributed by atoms with E-state index in [-0.39, 0.29) is 11.9 Å². The summed E-state index contributed by atoms with van der Waals surface area (Å²) in [6.07, 6.45) is 4.05. The van der Waals surface area contributed by atoms with Crippen LogP contribution in [0.15, 0.2) is 0 Å². The molecule has 4 nitrogen and oxygen atoms in total. The molecule has 0 aliphatic carbocycles. The van der Waals surface area contributed by atoms with Crippen molar-refractivity contribution in [1.29, 1.82) is 0 Å². The molecule has 0 aromatic rings. The topological polar surface area (TPSA) is 58.4 Å². The summed E-state index contributed by atoms with van der Waals surface area (Å²) >= 11 is 0. The number of amides is 1. The summed E-state index contributed by atoms with van der Waals surface area (Å²) < 4.78 is 0. The van der Waals surface area contributed by atoms with E-state index in [2.05, 4.69) is 10.2 Å². The van der Waals surface area contributed by atoms with Gasteiger partial charge in [0.15, 0.2) is 0 Å². The average molecular weight is 213 g/mol. The van der Waals surface area contributed by atoms with Crippen LogP contribution in [0.1, 0.15) is 32.6 Å². The molecule has 1 amide bonds. The summed E-state index contributed by atoms with van der Waals surface area (Å²) in [4.78, 5) is 13.8. The fraction of sp³-hybridized carbons (Fsp3) is 0.909. The molecule has 1 atom stereocenters. The number of likely N-dealkylation sites (tertiary alicyclic amines) is 1. The normalized spacial score (nSPS) is 19.1. The summed E-state index contributed by atoms with van der Waals surface area (Å²) in [7, 11) is 0. The Morgan fingerprint density at radius 2 is 2.13 bits per heavy atom. The molecule has 0 bridgehead atoms. The monoisotopic (exact) mass is 213 g/mol. The van der Waals surface area contributed by atoms with Gasteiger partial charge in [0.05, 0.1) is 0 Å². The van der Waals surface area contributed by atoms with Crippen LogP contribution in [-0.4, -0.2) is 43.0 Å². The highest BCUT2D eigenvalue weighted by Crippen LogP contribution is 2.07. The van der Waals surface area contributed by atoms with Crippen molar-refractivity contribution in [3.8, 4) is 0 Å². The highest BCUT2D eigenvalue weighted by atomic mass is 16.1. The first-order valence-electron chi connectivity index (χ1n) is 5.93. The third-order valence-corrected chi connectivity index (χ3v) is 2.78. The van der Waals surface area contributed by atoms with Crippen molar-refractivity contribution in [2.75, 3.05) is 26.2 Å². The summed E-state index contributed by atoms with van der Waals surface area (Å²) in [5.41, 5.74) is 5.59. The first kappa shape index (κ1) is 12.5. The molecule has 1 fully saturated rings. The lowest BCUT2D eigenvalue weighted by Gasteiger charge is -2.14. The van der Waals surface area contributed by atoms with Gasteiger partial charge in [0.1, 0.15) is 0 Å². The molecule has 1 heterocycles. The maximum Gasteiger partial charge on any atom is 0.221 e. The Morgan fingerprint density at radius 1 is 1.47 bits per heavy atom. The SMILES string of the molecule is CC(N)CCNC(=O)CCN1CCCC1. The molecule has 1 unspecified atom stereocenters. The van der Waals surface area contributed by atoms with Crippen LogP contribution in [-0.2, 0) is 4.79 Å². The van der Waals surface area contributed by atoms with Crippen LogP contribution in [0, 0.1) is 0 Å². The largest absolute Gasteiger partial charge is 0.356 e. The van der Waals surface area contributed by atoms with Crippen LogP contribution in [0.5, 0.6) is 0 Å². The highest BCUT2D eigenvalue weighted by Gasteiger charge is 2.12. The number of nitrogens with one attached hydrogen (secondary N) is 1. The van der Waals surface area contributed by atoms with E-state index in [1.807, 2.05) is 6.92 Å². The third kappa shape index (κ3) is 5.74. The Balaban J connectivity index is 1.98. The second-order valence-corrected chi connectivity index (χ2v) is 4.41. The lowest BCUT2D eigenvalue weighted by molar-refractivity contribution is -0.121. The quantitative estimate of drug-likeness (QED) is 0.668. The molecule has 4 heteroatoms. The molecule has 0 aromatic heterocycles. The molecular weight excluding hydrogens is 190 g/mol. The average Bonchev–Trinajstić information content (AvgIpc) is 2.66. The molecule has 0 aromatic carbocycles. The van der Waals surface area contributed by atoms with E-state index in [9.17, 15) is 4.79 Å². The molecular formula is C11H23N3O. The first-order valence-corrected chi connectivity index (χ1v) is 5.93. The van der Waals surface area contributed by atoms with E-state index >= 15 is 0 Å². The van der Waals surface area contributed by atoms with E-state index in [1.165, 1.54) is 12.8 Å². The zero-order valence-corrected chi connectivity index (χ0v) is 9.67. The Morgan fingerprint density at radius 3 is 2.73 bits per heavy atom.